The molecule has 0 spiro atoms. The summed E-state index contributed by atoms with van der Waals surface area (Å²) in [6.07, 6.45) is 4.95. The summed E-state index contributed by atoms with van der Waals surface area (Å²) in [5.74, 6) is 1.98. The molecule has 0 radical (unpaired) electrons. The fraction of sp³-hybridized carbons (Fsp3) is 0.667. The standard InChI is InChI=1S/C12H18N2O/c1-8(2)11(15)6-12-13-7-10(14(12)3)9-4-5-9/h7-9H,4-6H2,1-3H3. The van der Waals surface area contributed by atoms with Gasteiger partial charge in [-0.05, 0) is 12.8 Å². The highest BCUT2D eigenvalue weighted by atomic mass is 16.1. The van der Waals surface area contributed by atoms with Crippen LogP contribution in [0.3, 0.4) is 0 Å². The first-order valence-electron chi connectivity index (χ1n) is 5.62. The van der Waals surface area contributed by atoms with Gasteiger partial charge in [0.05, 0.1) is 6.42 Å². The normalized spacial score (nSPS) is 16.0. The van der Waals surface area contributed by atoms with E-state index in [4.69, 9.17) is 0 Å². The molecule has 0 N–H and O–H groups in total. The number of ketones is 1. The van der Waals surface area contributed by atoms with E-state index in [9.17, 15) is 4.79 Å². The maximum atomic E-state index is 11.6. The van der Waals surface area contributed by atoms with Crippen molar-refractivity contribution in [2.45, 2.75) is 39.0 Å². The van der Waals surface area contributed by atoms with Gasteiger partial charge in [0, 0.05) is 30.8 Å². The van der Waals surface area contributed by atoms with Gasteiger partial charge in [-0.2, -0.15) is 0 Å². The molecule has 15 heavy (non-hydrogen) atoms. The van der Waals surface area contributed by atoms with E-state index < -0.39 is 0 Å². The molecule has 3 nitrogen and oxygen atoms in total. The van der Waals surface area contributed by atoms with Gasteiger partial charge in [0.2, 0.25) is 0 Å². The fourth-order valence-corrected chi connectivity index (χ4v) is 1.75. The van der Waals surface area contributed by atoms with Crippen LogP contribution < -0.4 is 0 Å². The van der Waals surface area contributed by atoms with Crippen LogP contribution in [-0.2, 0) is 18.3 Å². The monoisotopic (exact) mass is 206 g/mol. The van der Waals surface area contributed by atoms with Gasteiger partial charge in [0.1, 0.15) is 11.6 Å². The van der Waals surface area contributed by atoms with E-state index in [1.54, 1.807) is 0 Å². The van der Waals surface area contributed by atoms with Crippen molar-refractivity contribution < 1.29 is 4.79 Å². The molecular weight excluding hydrogens is 188 g/mol. The van der Waals surface area contributed by atoms with Crippen molar-refractivity contribution in [1.82, 2.24) is 9.55 Å². The van der Waals surface area contributed by atoms with Crippen LogP contribution in [0, 0.1) is 5.92 Å². The summed E-state index contributed by atoms with van der Waals surface area (Å²) < 4.78 is 2.10. The van der Waals surface area contributed by atoms with E-state index in [0.29, 0.717) is 12.3 Å². The zero-order valence-corrected chi connectivity index (χ0v) is 9.66. The van der Waals surface area contributed by atoms with Crippen LogP contribution in [0.2, 0.25) is 0 Å². The topological polar surface area (TPSA) is 34.9 Å². The molecular formula is C12H18N2O. The lowest BCUT2D eigenvalue weighted by Crippen LogP contribution is -2.14. The molecule has 0 aliphatic heterocycles. The predicted molar refractivity (Wildman–Crippen MR) is 58.7 cm³/mol. The number of nitrogens with zero attached hydrogens (tertiary/aromatic N) is 2. The lowest BCUT2D eigenvalue weighted by atomic mass is 10.1. The Balaban J connectivity index is 2.11. The number of hydrogen-bond donors (Lipinski definition) is 0. The Labute approximate surface area is 90.5 Å². The molecule has 82 valence electrons. The molecule has 0 amide bonds. The summed E-state index contributed by atoms with van der Waals surface area (Å²) in [6.45, 7) is 3.88. The van der Waals surface area contributed by atoms with Gasteiger partial charge in [0.25, 0.3) is 0 Å². The summed E-state index contributed by atoms with van der Waals surface area (Å²) >= 11 is 0. The van der Waals surface area contributed by atoms with Crippen LogP contribution in [0.15, 0.2) is 6.20 Å². The number of carbonyl (C=O) groups is 1. The molecule has 3 heteroatoms. The summed E-state index contributed by atoms with van der Waals surface area (Å²) in [6, 6.07) is 0. The van der Waals surface area contributed by atoms with Gasteiger partial charge >= 0.3 is 0 Å². The van der Waals surface area contributed by atoms with Crippen LogP contribution >= 0.6 is 0 Å². The molecule has 1 fully saturated rings. The maximum absolute atomic E-state index is 11.6. The average molecular weight is 206 g/mol. The number of Topliss-reactive ketones (excluding diaryl/α,β-unsaturated/α-hetero) is 1. The molecule has 0 atom stereocenters. The summed E-state index contributed by atoms with van der Waals surface area (Å²) in [5, 5.41) is 0. The number of hydrogen-bond acceptors (Lipinski definition) is 2. The second-order valence-corrected chi connectivity index (χ2v) is 4.73. The summed E-state index contributed by atoms with van der Waals surface area (Å²) in [5.41, 5.74) is 1.29. The molecule has 1 aromatic heterocycles. The Morgan fingerprint density at radius 2 is 2.27 bits per heavy atom. The lowest BCUT2D eigenvalue weighted by molar-refractivity contribution is -0.121. The van der Waals surface area contributed by atoms with Gasteiger partial charge in [-0.15, -0.1) is 0 Å². The van der Waals surface area contributed by atoms with Crippen LogP contribution in [-0.4, -0.2) is 15.3 Å². The Kier molecular flexibility index (Phi) is 2.63. The van der Waals surface area contributed by atoms with Crippen molar-refractivity contribution in [2.75, 3.05) is 0 Å². The molecule has 1 heterocycles. The lowest BCUT2D eigenvalue weighted by Gasteiger charge is -2.06. The molecule has 2 rings (SSSR count). The molecule has 0 unspecified atom stereocenters. The Morgan fingerprint density at radius 3 is 2.80 bits per heavy atom. The first-order valence-corrected chi connectivity index (χ1v) is 5.62. The van der Waals surface area contributed by atoms with E-state index in [1.807, 2.05) is 27.1 Å². The fourth-order valence-electron chi connectivity index (χ4n) is 1.75. The van der Waals surface area contributed by atoms with Gasteiger partial charge in [-0.3, -0.25) is 4.79 Å². The molecule has 0 saturated heterocycles. The van der Waals surface area contributed by atoms with Crippen LogP contribution in [0.25, 0.3) is 0 Å². The number of aromatic nitrogens is 2. The molecule has 0 bridgehead atoms. The van der Waals surface area contributed by atoms with Gasteiger partial charge in [-0.25, -0.2) is 4.98 Å². The van der Waals surface area contributed by atoms with Crippen LogP contribution in [0.5, 0.6) is 0 Å². The van der Waals surface area contributed by atoms with Crippen molar-refractivity contribution in [1.29, 1.82) is 0 Å². The zero-order chi connectivity index (χ0) is 11.0. The van der Waals surface area contributed by atoms with Crippen molar-refractivity contribution in [3.8, 4) is 0 Å². The first kappa shape index (κ1) is 10.4. The van der Waals surface area contributed by atoms with Gasteiger partial charge < -0.3 is 4.57 Å². The highest BCUT2D eigenvalue weighted by Gasteiger charge is 2.27. The minimum atomic E-state index is 0.103. The largest absolute Gasteiger partial charge is 0.334 e. The predicted octanol–water partition coefficient (Wildman–Crippen LogP) is 2.07. The van der Waals surface area contributed by atoms with Crippen molar-refractivity contribution in [2.24, 2.45) is 13.0 Å². The quantitative estimate of drug-likeness (QED) is 0.755. The van der Waals surface area contributed by atoms with Crippen LogP contribution in [0.1, 0.15) is 44.1 Å². The second-order valence-electron chi connectivity index (χ2n) is 4.73. The Morgan fingerprint density at radius 1 is 1.60 bits per heavy atom. The summed E-state index contributed by atoms with van der Waals surface area (Å²) in [4.78, 5) is 15.9. The minimum Gasteiger partial charge on any atom is -0.334 e. The van der Waals surface area contributed by atoms with E-state index >= 15 is 0 Å². The third kappa shape index (κ3) is 2.11. The minimum absolute atomic E-state index is 0.103. The zero-order valence-electron chi connectivity index (χ0n) is 9.66. The van der Waals surface area contributed by atoms with Gasteiger partial charge in [-0.1, -0.05) is 13.8 Å². The molecule has 0 aromatic carbocycles. The third-order valence-electron chi connectivity index (χ3n) is 3.09. The maximum Gasteiger partial charge on any atom is 0.142 e. The molecule has 1 aliphatic carbocycles. The summed E-state index contributed by atoms with van der Waals surface area (Å²) in [7, 11) is 2.02. The molecule has 1 aliphatic rings. The van der Waals surface area contributed by atoms with Crippen molar-refractivity contribution >= 4 is 5.78 Å². The number of imidazole rings is 1. The number of rotatable bonds is 4. The van der Waals surface area contributed by atoms with Crippen molar-refractivity contribution in [3.05, 3.63) is 17.7 Å². The first-order chi connectivity index (χ1) is 7.09. The molecule has 1 aromatic rings. The highest BCUT2D eigenvalue weighted by Crippen LogP contribution is 2.39. The third-order valence-corrected chi connectivity index (χ3v) is 3.09. The Hall–Kier alpha value is -1.12. The SMILES string of the molecule is CC(C)C(=O)Cc1ncc(C2CC2)n1C. The Bertz CT molecular complexity index is 375. The van der Waals surface area contributed by atoms with E-state index in [2.05, 4.69) is 9.55 Å². The second kappa shape index (κ2) is 3.80. The van der Waals surface area contributed by atoms with E-state index in [-0.39, 0.29) is 11.7 Å². The highest BCUT2D eigenvalue weighted by molar-refractivity contribution is 5.81. The van der Waals surface area contributed by atoms with E-state index in [1.165, 1.54) is 18.5 Å². The number of carbonyl (C=O) groups excluding carboxylic acids is 1. The van der Waals surface area contributed by atoms with Gasteiger partial charge in [0.15, 0.2) is 0 Å². The smallest absolute Gasteiger partial charge is 0.142 e. The van der Waals surface area contributed by atoms with Crippen LogP contribution in [0.4, 0.5) is 0 Å². The average Bonchev–Trinajstić information content (AvgIpc) is 2.95. The van der Waals surface area contributed by atoms with E-state index in [0.717, 1.165) is 5.82 Å². The molecule has 1 saturated carbocycles. The van der Waals surface area contributed by atoms with Crippen molar-refractivity contribution in [3.63, 3.8) is 0 Å².